The number of nitrogens with one attached hydrogen (secondary N) is 3. The quantitative estimate of drug-likeness (QED) is 0.591. The fourth-order valence-electron chi connectivity index (χ4n) is 3.01. The van der Waals surface area contributed by atoms with E-state index in [0.717, 1.165) is 29.1 Å². The van der Waals surface area contributed by atoms with E-state index >= 15 is 0 Å². The van der Waals surface area contributed by atoms with Crippen LogP contribution in [0.5, 0.6) is 0 Å². The summed E-state index contributed by atoms with van der Waals surface area (Å²) in [5, 5.41) is 15.3. The largest absolute Gasteiger partial charge is 0.478 e. The summed E-state index contributed by atoms with van der Waals surface area (Å²) in [6.45, 7) is 1.60. The van der Waals surface area contributed by atoms with E-state index in [-0.39, 0.29) is 15.7 Å². The highest BCUT2D eigenvalue weighted by molar-refractivity contribution is 7.91. The van der Waals surface area contributed by atoms with Crippen molar-refractivity contribution in [3.8, 4) is 0 Å². The molecule has 0 unspecified atom stereocenters. The molecule has 8 nitrogen and oxygen atoms in total. The molecule has 0 aliphatic carbocycles. The fourth-order valence-corrected chi connectivity index (χ4v) is 6.12. The summed E-state index contributed by atoms with van der Waals surface area (Å²) in [5.74, 6) is -1.61. The van der Waals surface area contributed by atoms with Crippen molar-refractivity contribution in [1.29, 1.82) is 0 Å². The van der Waals surface area contributed by atoms with Gasteiger partial charge in [0.1, 0.15) is 10.3 Å². The number of aromatic carboxylic acids is 1. The van der Waals surface area contributed by atoms with Crippen LogP contribution in [0.1, 0.15) is 40.1 Å². The lowest BCUT2D eigenvalue weighted by Crippen LogP contribution is -2.45. The van der Waals surface area contributed by atoms with Crippen LogP contribution in [-0.2, 0) is 27.8 Å². The Morgan fingerprint density at radius 1 is 1.29 bits per heavy atom. The van der Waals surface area contributed by atoms with Crippen molar-refractivity contribution in [1.82, 2.24) is 15.4 Å². The van der Waals surface area contributed by atoms with E-state index in [1.165, 1.54) is 0 Å². The van der Waals surface area contributed by atoms with E-state index in [9.17, 15) is 23.1 Å². The highest BCUT2D eigenvalue weighted by atomic mass is 32.2. The van der Waals surface area contributed by atoms with Crippen LogP contribution in [0.25, 0.3) is 0 Å². The molecule has 0 spiro atoms. The van der Waals surface area contributed by atoms with Gasteiger partial charge >= 0.3 is 5.97 Å². The second kappa shape index (κ2) is 6.79. The Balaban J connectivity index is 1.96. The third kappa shape index (κ3) is 3.32. The minimum absolute atomic E-state index is 0.155. The van der Waals surface area contributed by atoms with E-state index in [4.69, 9.17) is 0 Å². The van der Waals surface area contributed by atoms with Crippen LogP contribution in [0.15, 0.2) is 4.21 Å². The smallest absolute Gasteiger partial charge is 0.338 e. The molecule has 0 bridgehead atoms. The van der Waals surface area contributed by atoms with Crippen LogP contribution in [0, 0.1) is 0 Å². The molecule has 10 heteroatoms. The number of hydrogen-bond donors (Lipinski definition) is 4. The van der Waals surface area contributed by atoms with Gasteiger partial charge in [-0.3, -0.25) is 4.79 Å². The Kier molecular flexibility index (Phi) is 4.90. The van der Waals surface area contributed by atoms with Gasteiger partial charge in [0.05, 0.1) is 5.56 Å². The van der Waals surface area contributed by atoms with Gasteiger partial charge in [-0.05, 0) is 37.8 Å². The van der Waals surface area contributed by atoms with Crippen LogP contribution < -0.4 is 15.4 Å². The fraction of sp³-hybridized carbons (Fsp3) is 0.571. The summed E-state index contributed by atoms with van der Waals surface area (Å²) in [7, 11) is -4.08. The third-order valence-electron chi connectivity index (χ3n) is 4.19. The molecule has 1 amide bonds. The summed E-state index contributed by atoms with van der Waals surface area (Å²) in [6, 6.07) is -0.864. The van der Waals surface area contributed by atoms with Crippen molar-refractivity contribution in [2.24, 2.45) is 0 Å². The van der Waals surface area contributed by atoms with Crippen LogP contribution in [0.2, 0.25) is 0 Å². The van der Waals surface area contributed by atoms with E-state index in [1.54, 1.807) is 0 Å². The number of fused-ring (bicyclic) bond motifs is 1. The second-order valence-corrected chi connectivity index (χ2v) is 8.87. The molecule has 2 aliphatic rings. The van der Waals surface area contributed by atoms with Gasteiger partial charge in [0, 0.05) is 18.0 Å². The van der Waals surface area contributed by atoms with E-state index in [1.807, 2.05) is 0 Å². The number of carboxylic acid groups (broad SMARTS) is 1. The molecule has 4 N–H and O–H groups in total. The molecule has 1 atom stereocenters. The standard InChI is InChI=1S/C14H19N3O5S2/c18-12-9(3-1-2-5-16-12)17-24(21,22)14-11(13(19)20)8-4-6-15-7-10(8)23-14/h9,15,17H,1-7H2,(H,16,18)(H,19,20)/t9-/m0/s1. The normalized spacial score (nSPS) is 21.7. The maximum atomic E-state index is 12.7. The maximum Gasteiger partial charge on any atom is 0.338 e. The molecule has 0 aromatic carbocycles. The maximum absolute atomic E-state index is 12.7. The molecule has 1 fully saturated rings. The monoisotopic (exact) mass is 373 g/mol. The van der Waals surface area contributed by atoms with Gasteiger partial charge in [0.2, 0.25) is 5.91 Å². The number of carboxylic acids is 1. The molecule has 1 aromatic heterocycles. The SMILES string of the molecule is O=C(O)c1c(S(=O)(=O)N[C@H]2CCCCNC2=O)sc2c1CCNC2. The zero-order valence-electron chi connectivity index (χ0n) is 12.9. The zero-order chi connectivity index (χ0) is 17.3. The van der Waals surface area contributed by atoms with Gasteiger partial charge in [-0.25, -0.2) is 13.2 Å². The summed E-state index contributed by atoms with van der Waals surface area (Å²) >= 11 is 0.967. The summed E-state index contributed by atoms with van der Waals surface area (Å²) in [6.07, 6.45) is 2.40. The predicted molar refractivity (Wildman–Crippen MR) is 87.7 cm³/mol. The molecule has 1 aromatic rings. The van der Waals surface area contributed by atoms with E-state index < -0.39 is 22.0 Å². The molecule has 2 aliphatic heterocycles. The predicted octanol–water partition coefficient (Wildman–Crippen LogP) is 0.0390. The number of hydrogen-bond acceptors (Lipinski definition) is 6. The van der Waals surface area contributed by atoms with Crippen LogP contribution in [0.4, 0.5) is 0 Å². The van der Waals surface area contributed by atoms with E-state index in [2.05, 4.69) is 15.4 Å². The zero-order valence-corrected chi connectivity index (χ0v) is 14.6. The van der Waals surface area contributed by atoms with Crippen LogP contribution >= 0.6 is 11.3 Å². The van der Waals surface area contributed by atoms with Crippen molar-refractivity contribution in [2.75, 3.05) is 13.1 Å². The molecular formula is C14H19N3O5S2. The second-order valence-electron chi connectivity index (χ2n) is 5.86. The Bertz CT molecular complexity index is 772. The highest BCUT2D eigenvalue weighted by Gasteiger charge is 2.34. The molecule has 1 saturated heterocycles. The van der Waals surface area contributed by atoms with Crippen LogP contribution in [0.3, 0.4) is 0 Å². The molecule has 24 heavy (non-hydrogen) atoms. The Hall–Kier alpha value is -1.49. The van der Waals surface area contributed by atoms with Gasteiger partial charge in [-0.15, -0.1) is 11.3 Å². The molecule has 0 radical (unpaired) electrons. The third-order valence-corrected chi connectivity index (χ3v) is 7.41. The number of thiophene rings is 1. The Morgan fingerprint density at radius 2 is 2.08 bits per heavy atom. The van der Waals surface area contributed by atoms with Gasteiger partial charge in [-0.2, -0.15) is 4.72 Å². The topological polar surface area (TPSA) is 125 Å². The highest BCUT2D eigenvalue weighted by Crippen LogP contribution is 2.34. The average Bonchev–Trinajstić information content (AvgIpc) is 2.83. The number of carbonyl (C=O) groups is 2. The summed E-state index contributed by atoms with van der Waals surface area (Å²) in [4.78, 5) is 24.3. The molecule has 3 rings (SSSR count). The summed E-state index contributed by atoms with van der Waals surface area (Å²) < 4.78 is 27.7. The Labute approximate surface area is 143 Å². The van der Waals surface area contributed by atoms with Gasteiger partial charge in [0.25, 0.3) is 10.0 Å². The lowest BCUT2D eigenvalue weighted by atomic mass is 10.1. The molecule has 3 heterocycles. The van der Waals surface area contributed by atoms with Gasteiger partial charge in [0.15, 0.2) is 0 Å². The molecule has 132 valence electrons. The van der Waals surface area contributed by atoms with Gasteiger partial charge < -0.3 is 15.7 Å². The van der Waals surface area contributed by atoms with Crippen molar-refractivity contribution >= 4 is 33.2 Å². The average molecular weight is 373 g/mol. The lowest BCUT2D eigenvalue weighted by Gasteiger charge is -2.15. The minimum atomic E-state index is -4.08. The van der Waals surface area contributed by atoms with Crippen molar-refractivity contribution < 1.29 is 23.1 Å². The van der Waals surface area contributed by atoms with Crippen LogP contribution in [-0.4, -0.2) is 44.5 Å². The number of carbonyl (C=O) groups excluding carboxylic acids is 1. The van der Waals surface area contributed by atoms with E-state index in [0.29, 0.717) is 38.0 Å². The minimum Gasteiger partial charge on any atom is -0.478 e. The molecular weight excluding hydrogens is 354 g/mol. The first kappa shape index (κ1) is 17.3. The first-order valence-electron chi connectivity index (χ1n) is 7.79. The number of amides is 1. The van der Waals surface area contributed by atoms with Crippen molar-refractivity contribution in [3.05, 3.63) is 16.0 Å². The first-order chi connectivity index (χ1) is 11.4. The van der Waals surface area contributed by atoms with Gasteiger partial charge in [-0.1, -0.05) is 0 Å². The molecule has 0 saturated carbocycles. The summed E-state index contributed by atoms with van der Waals surface area (Å²) in [5.41, 5.74) is 0.426. The van der Waals surface area contributed by atoms with Crippen molar-refractivity contribution in [2.45, 2.75) is 42.5 Å². The first-order valence-corrected chi connectivity index (χ1v) is 10.1. The van der Waals surface area contributed by atoms with Crippen molar-refractivity contribution in [3.63, 3.8) is 0 Å². The number of sulfonamides is 1. The lowest BCUT2D eigenvalue weighted by molar-refractivity contribution is -0.122. The number of rotatable bonds is 4. The Morgan fingerprint density at radius 3 is 2.83 bits per heavy atom.